The van der Waals surface area contributed by atoms with Crippen molar-refractivity contribution in [2.45, 2.75) is 50.0 Å². The van der Waals surface area contributed by atoms with Crippen LogP contribution in [0.25, 0.3) is 0 Å². The summed E-state index contributed by atoms with van der Waals surface area (Å²) in [6, 6.07) is 10.1. The van der Waals surface area contributed by atoms with Crippen LogP contribution in [0.4, 0.5) is 20.6 Å². The number of benzene rings is 2. The first-order valence-electron chi connectivity index (χ1n) is 11.5. The summed E-state index contributed by atoms with van der Waals surface area (Å²) in [4.78, 5) is 25.9. The number of rotatable bonds is 7. The number of hydrogen-bond acceptors (Lipinski definition) is 8. The fraction of sp³-hybridized carbons (Fsp3) is 0.417. The van der Waals surface area contributed by atoms with Crippen molar-refractivity contribution in [3.63, 3.8) is 0 Å². The van der Waals surface area contributed by atoms with E-state index in [1.807, 2.05) is 6.92 Å². The lowest BCUT2D eigenvalue weighted by Gasteiger charge is -2.39. The zero-order valence-corrected chi connectivity index (χ0v) is 20.7. The summed E-state index contributed by atoms with van der Waals surface area (Å²) in [5.41, 5.74) is 1.15. The van der Waals surface area contributed by atoms with E-state index in [1.165, 1.54) is 41.0 Å². The Morgan fingerprint density at radius 3 is 2.64 bits per heavy atom. The lowest BCUT2D eigenvalue weighted by molar-refractivity contribution is -0.119. The standard InChI is InChI=1S/C24H28FN3O7S/c1-15-5-8-19(9-6-15)36(32,33)35-23-22(30)4-3-11-27(23)21-10-7-17(12-20(21)25)28-14-18(34-24(28)31)13-26-16(2)29/h5-10,12,18,22-23,30H,3-4,11,13-14H2,1-2H3,(H,26,29). The number of aliphatic hydroxyl groups is 1. The highest BCUT2D eigenvalue weighted by molar-refractivity contribution is 7.86. The summed E-state index contributed by atoms with van der Waals surface area (Å²) >= 11 is 0. The van der Waals surface area contributed by atoms with Gasteiger partial charge >= 0.3 is 6.09 Å². The molecule has 2 heterocycles. The molecule has 36 heavy (non-hydrogen) atoms. The first-order valence-corrected chi connectivity index (χ1v) is 12.9. The van der Waals surface area contributed by atoms with Crippen LogP contribution in [0.2, 0.25) is 0 Å². The van der Waals surface area contributed by atoms with E-state index >= 15 is 4.39 Å². The number of aliphatic hydroxyl groups excluding tert-OH is 1. The van der Waals surface area contributed by atoms with E-state index in [0.29, 0.717) is 12.8 Å². The fourth-order valence-corrected chi connectivity index (χ4v) is 5.28. The van der Waals surface area contributed by atoms with Gasteiger partial charge in [-0.05, 0) is 50.1 Å². The largest absolute Gasteiger partial charge is 0.442 e. The molecule has 2 aromatic carbocycles. The summed E-state index contributed by atoms with van der Waals surface area (Å²) in [6.45, 7) is 3.69. The highest BCUT2D eigenvalue weighted by atomic mass is 32.2. The second-order valence-corrected chi connectivity index (χ2v) is 10.4. The predicted octanol–water partition coefficient (Wildman–Crippen LogP) is 2.29. The van der Waals surface area contributed by atoms with Crippen LogP contribution in [0.1, 0.15) is 25.3 Å². The molecule has 3 unspecified atom stereocenters. The van der Waals surface area contributed by atoms with Gasteiger partial charge in [0.15, 0.2) is 6.23 Å². The molecule has 0 spiro atoms. The Morgan fingerprint density at radius 2 is 1.97 bits per heavy atom. The van der Waals surface area contributed by atoms with Crippen molar-refractivity contribution in [2.75, 3.05) is 29.4 Å². The Bertz CT molecular complexity index is 1240. The zero-order valence-electron chi connectivity index (χ0n) is 19.9. The van der Waals surface area contributed by atoms with Gasteiger partial charge in [0.25, 0.3) is 10.1 Å². The Morgan fingerprint density at radius 1 is 1.25 bits per heavy atom. The van der Waals surface area contributed by atoms with Crippen molar-refractivity contribution in [3.05, 3.63) is 53.8 Å². The average Bonchev–Trinajstić information content (AvgIpc) is 3.20. The number of aryl methyl sites for hydroxylation is 1. The number of carbonyl (C=O) groups is 2. The van der Waals surface area contributed by atoms with Crippen molar-refractivity contribution in [3.8, 4) is 0 Å². The van der Waals surface area contributed by atoms with E-state index in [2.05, 4.69) is 5.32 Å². The first-order chi connectivity index (χ1) is 17.0. The first kappa shape index (κ1) is 25.9. The van der Waals surface area contributed by atoms with Gasteiger partial charge in [-0.25, -0.2) is 13.4 Å². The number of cyclic esters (lactones) is 1. The van der Waals surface area contributed by atoms with Crippen LogP contribution >= 0.6 is 0 Å². The van der Waals surface area contributed by atoms with Crippen molar-refractivity contribution in [1.82, 2.24) is 5.32 Å². The van der Waals surface area contributed by atoms with E-state index in [4.69, 9.17) is 8.92 Å². The van der Waals surface area contributed by atoms with Gasteiger partial charge in [0, 0.05) is 13.5 Å². The highest BCUT2D eigenvalue weighted by Gasteiger charge is 2.38. The molecule has 2 fully saturated rings. The zero-order chi connectivity index (χ0) is 26.0. The summed E-state index contributed by atoms with van der Waals surface area (Å²) in [5, 5.41) is 13.1. The number of carbonyl (C=O) groups excluding carboxylic acids is 2. The van der Waals surface area contributed by atoms with Crippen LogP contribution in [0.5, 0.6) is 0 Å². The maximum absolute atomic E-state index is 15.3. The molecule has 0 aromatic heterocycles. The minimum Gasteiger partial charge on any atom is -0.442 e. The van der Waals surface area contributed by atoms with Gasteiger partial charge in [-0.3, -0.25) is 9.69 Å². The Labute approximate surface area is 208 Å². The average molecular weight is 522 g/mol. The minimum absolute atomic E-state index is 0.0315. The van der Waals surface area contributed by atoms with Gasteiger partial charge in [0.2, 0.25) is 5.91 Å². The molecule has 0 radical (unpaired) electrons. The molecule has 2 amide bonds. The molecule has 2 aromatic rings. The number of amides is 2. The van der Waals surface area contributed by atoms with Gasteiger partial charge in [0.05, 0.1) is 29.4 Å². The van der Waals surface area contributed by atoms with Crippen molar-refractivity contribution in [1.29, 1.82) is 0 Å². The fourth-order valence-electron chi connectivity index (χ4n) is 4.21. The quantitative estimate of drug-likeness (QED) is 0.532. The Hall–Kier alpha value is -3.22. The maximum atomic E-state index is 15.3. The molecule has 194 valence electrons. The third-order valence-electron chi connectivity index (χ3n) is 6.08. The molecule has 4 rings (SSSR count). The van der Waals surface area contributed by atoms with Gasteiger partial charge in [-0.1, -0.05) is 17.7 Å². The molecule has 0 bridgehead atoms. The molecular formula is C24H28FN3O7S. The van der Waals surface area contributed by atoms with Crippen molar-refractivity contribution in [2.24, 2.45) is 0 Å². The molecular weight excluding hydrogens is 493 g/mol. The van der Waals surface area contributed by atoms with E-state index in [1.54, 1.807) is 12.1 Å². The SMILES string of the molecule is CC(=O)NCC1CN(c2ccc(N3CCCC(O)C3OS(=O)(=O)c3ccc(C)cc3)c(F)c2)C(=O)O1. The third-order valence-corrected chi connectivity index (χ3v) is 7.38. The molecule has 0 saturated carbocycles. The van der Waals surface area contributed by atoms with Gasteiger partial charge in [-0.15, -0.1) is 0 Å². The minimum atomic E-state index is -4.23. The van der Waals surface area contributed by atoms with E-state index < -0.39 is 40.5 Å². The molecule has 2 N–H and O–H groups in total. The van der Waals surface area contributed by atoms with Crippen LogP contribution < -0.4 is 15.1 Å². The van der Waals surface area contributed by atoms with E-state index in [0.717, 1.165) is 11.6 Å². The topological polar surface area (TPSA) is 125 Å². The van der Waals surface area contributed by atoms with E-state index in [9.17, 15) is 23.1 Å². The number of nitrogens with one attached hydrogen (secondary N) is 1. The highest BCUT2D eigenvalue weighted by Crippen LogP contribution is 2.33. The van der Waals surface area contributed by atoms with Crippen LogP contribution in [-0.4, -0.2) is 63.6 Å². The third kappa shape index (κ3) is 5.61. The van der Waals surface area contributed by atoms with E-state index in [-0.39, 0.29) is 41.8 Å². The molecule has 10 nitrogen and oxygen atoms in total. The summed E-state index contributed by atoms with van der Waals surface area (Å²) < 4.78 is 51.7. The van der Waals surface area contributed by atoms with Gasteiger partial charge in [-0.2, -0.15) is 8.42 Å². The molecule has 12 heteroatoms. The summed E-state index contributed by atoms with van der Waals surface area (Å²) in [5.74, 6) is -0.981. The van der Waals surface area contributed by atoms with Crippen LogP contribution in [0.15, 0.2) is 47.4 Å². The molecule has 2 aliphatic rings. The molecule has 2 aliphatic heterocycles. The van der Waals surface area contributed by atoms with Crippen molar-refractivity contribution >= 4 is 33.5 Å². The lowest BCUT2D eigenvalue weighted by Crippen LogP contribution is -2.51. The summed E-state index contributed by atoms with van der Waals surface area (Å²) in [6.07, 6.45) is -2.96. The second kappa shape index (κ2) is 10.4. The van der Waals surface area contributed by atoms with Crippen LogP contribution in [-0.2, 0) is 23.8 Å². The Balaban J connectivity index is 1.54. The van der Waals surface area contributed by atoms with Crippen LogP contribution in [0, 0.1) is 12.7 Å². The van der Waals surface area contributed by atoms with Gasteiger partial charge in [0.1, 0.15) is 18.0 Å². The van der Waals surface area contributed by atoms with Gasteiger partial charge < -0.3 is 20.1 Å². The maximum Gasteiger partial charge on any atom is 0.414 e. The second-order valence-electron chi connectivity index (χ2n) is 8.85. The number of halogens is 1. The smallest absolute Gasteiger partial charge is 0.414 e. The molecule has 0 aliphatic carbocycles. The normalized spacial score (nSPS) is 22.4. The van der Waals surface area contributed by atoms with Crippen LogP contribution in [0.3, 0.4) is 0 Å². The molecule has 2 saturated heterocycles. The number of anilines is 2. The lowest BCUT2D eigenvalue weighted by atomic mass is 10.1. The number of ether oxygens (including phenoxy) is 1. The molecule has 3 atom stereocenters. The number of piperidine rings is 1. The summed E-state index contributed by atoms with van der Waals surface area (Å²) in [7, 11) is -4.23. The van der Waals surface area contributed by atoms with Crippen molar-refractivity contribution < 1.29 is 36.4 Å². The number of hydrogen-bond donors (Lipinski definition) is 2. The number of nitrogens with zero attached hydrogens (tertiary/aromatic N) is 2. The Kier molecular flexibility index (Phi) is 7.48. The monoisotopic (exact) mass is 521 g/mol. The predicted molar refractivity (Wildman–Crippen MR) is 129 cm³/mol.